The van der Waals surface area contributed by atoms with Crippen molar-refractivity contribution >= 4 is 73.0 Å². The lowest BCUT2D eigenvalue weighted by Crippen LogP contribution is -1.85. The van der Waals surface area contributed by atoms with Gasteiger partial charge < -0.3 is 0 Å². The summed E-state index contributed by atoms with van der Waals surface area (Å²) in [5.41, 5.74) is 3.03. The molecule has 174 valence electrons. The number of fused-ring (bicyclic) bond motifs is 7. The minimum absolute atomic E-state index is 1.22. The van der Waals surface area contributed by atoms with Crippen molar-refractivity contribution in [3.05, 3.63) is 47.5 Å². The van der Waals surface area contributed by atoms with Crippen molar-refractivity contribution < 1.29 is 0 Å². The van der Waals surface area contributed by atoms with Gasteiger partial charge in [-0.3, -0.25) is 0 Å². The van der Waals surface area contributed by atoms with Crippen LogP contribution in [0.4, 0.5) is 0 Å². The van der Waals surface area contributed by atoms with Gasteiger partial charge in [-0.2, -0.15) is 0 Å². The Balaban J connectivity index is 1.36. The molecule has 0 aliphatic carbocycles. The first-order valence-electron chi connectivity index (χ1n) is 13.1. The van der Waals surface area contributed by atoms with Crippen molar-refractivity contribution in [2.24, 2.45) is 0 Å². The van der Waals surface area contributed by atoms with Crippen LogP contribution in [0.25, 0.3) is 39.0 Å². The maximum absolute atomic E-state index is 2.48. The maximum atomic E-state index is 2.48. The molecule has 0 fully saturated rings. The van der Waals surface area contributed by atoms with Gasteiger partial charge in [0.2, 0.25) is 0 Å². The van der Waals surface area contributed by atoms with Gasteiger partial charge >= 0.3 is 0 Å². The largest absolute Gasteiger partial charge is 0.133 e. The SMILES string of the molecule is CCCCCCCCc1ccc2c(c1)sc1c2sc2c3ccc(CCCCCC)cc3sc21. The van der Waals surface area contributed by atoms with Gasteiger partial charge in [-0.15, -0.1) is 34.0 Å². The highest BCUT2D eigenvalue weighted by Gasteiger charge is 2.17. The van der Waals surface area contributed by atoms with E-state index in [0.717, 1.165) is 0 Å². The van der Waals surface area contributed by atoms with Gasteiger partial charge in [0, 0.05) is 20.2 Å². The molecule has 0 bridgehead atoms. The van der Waals surface area contributed by atoms with E-state index in [9.17, 15) is 0 Å². The topological polar surface area (TPSA) is 0 Å². The second-order valence-corrected chi connectivity index (χ2v) is 12.7. The summed E-state index contributed by atoms with van der Waals surface area (Å²) in [6.07, 6.45) is 16.0. The van der Waals surface area contributed by atoms with Gasteiger partial charge in [0.25, 0.3) is 0 Å². The zero-order chi connectivity index (χ0) is 22.6. The van der Waals surface area contributed by atoms with Gasteiger partial charge in [0.15, 0.2) is 0 Å². The Morgan fingerprint density at radius 1 is 0.485 bits per heavy atom. The van der Waals surface area contributed by atoms with E-state index < -0.39 is 0 Å². The Kier molecular flexibility index (Phi) is 7.69. The van der Waals surface area contributed by atoms with Crippen LogP contribution >= 0.6 is 34.0 Å². The first-order chi connectivity index (χ1) is 16.3. The fourth-order valence-corrected chi connectivity index (χ4v) is 9.41. The van der Waals surface area contributed by atoms with E-state index in [-0.39, 0.29) is 0 Å². The van der Waals surface area contributed by atoms with Gasteiger partial charge in [-0.1, -0.05) is 89.5 Å². The van der Waals surface area contributed by atoms with E-state index in [4.69, 9.17) is 0 Å². The molecule has 0 aliphatic heterocycles. The van der Waals surface area contributed by atoms with Crippen LogP contribution in [0.15, 0.2) is 36.4 Å². The maximum Gasteiger partial charge on any atom is 0.0642 e. The summed E-state index contributed by atoms with van der Waals surface area (Å²) in [6, 6.07) is 14.5. The van der Waals surface area contributed by atoms with E-state index in [1.165, 1.54) is 127 Å². The summed E-state index contributed by atoms with van der Waals surface area (Å²) >= 11 is 6.06. The van der Waals surface area contributed by atoms with Crippen molar-refractivity contribution in [2.45, 2.75) is 90.9 Å². The highest BCUT2D eigenvalue weighted by Crippen LogP contribution is 2.50. The van der Waals surface area contributed by atoms with Crippen LogP contribution in [0.3, 0.4) is 0 Å². The number of hydrogen-bond acceptors (Lipinski definition) is 3. The van der Waals surface area contributed by atoms with E-state index in [1.54, 1.807) is 0 Å². The van der Waals surface area contributed by atoms with Crippen LogP contribution < -0.4 is 0 Å². The van der Waals surface area contributed by atoms with Crippen LogP contribution in [-0.2, 0) is 12.8 Å². The Bertz CT molecular complexity index is 1350. The summed E-state index contributed by atoms with van der Waals surface area (Å²) in [6.45, 7) is 4.58. The molecular weight excluding hydrogens is 457 g/mol. The number of thiophene rings is 3. The quantitative estimate of drug-likeness (QED) is 0.152. The van der Waals surface area contributed by atoms with Crippen LogP contribution in [-0.4, -0.2) is 0 Å². The van der Waals surface area contributed by atoms with Crippen molar-refractivity contribution in [1.29, 1.82) is 0 Å². The predicted octanol–water partition coefficient (Wildman–Crippen LogP) is 11.5. The highest BCUT2D eigenvalue weighted by atomic mass is 32.1. The average Bonchev–Trinajstić information content (AvgIpc) is 3.47. The number of benzene rings is 2. The normalized spacial score (nSPS) is 12.2. The lowest BCUT2D eigenvalue weighted by atomic mass is 10.0. The lowest BCUT2D eigenvalue weighted by molar-refractivity contribution is 0.607. The molecule has 0 unspecified atom stereocenters. The molecule has 0 atom stereocenters. The second-order valence-electron chi connectivity index (χ2n) is 9.61. The predicted molar refractivity (Wildman–Crippen MR) is 155 cm³/mol. The number of aryl methyl sites for hydroxylation is 2. The molecular formula is C30H36S3. The zero-order valence-corrected chi connectivity index (χ0v) is 22.6. The molecule has 3 heteroatoms. The molecule has 3 heterocycles. The first-order valence-corrected chi connectivity index (χ1v) is 15.5. The minimum atomic E-state index is 1.22. The van der Waals surface area contributed by atoms with Crippen molar-refractivity contribution in [3.8, 4) is 0 Å². The van der Waals surface area contributed by atoms with Gasteiger partial charge in [-0.25, -0.2) is 0 Å². The molecule has 2 aromatic carbocycles. The summed E-state index contributed by atoms with van der Waals surface area (Å²) in [4.78, 5) is 0. The summed E-state index contributed by atoms with van der Waals surface area (Å²) < 4.78 is 9.02. The molecule has 0 saturated carbocycles. The highest BCUT2D eigenvalue weighted by molar-refractivity contribution is 7.43. The third-order valence-electron chi connectivity index (χ3n) is 6.97. The Morgan fingerprint density at radius 3 is 1.45 bits per heavy atom. The van der Waals surface area contributed by atoms with E-state index >= 15 is 0 Å². The standard InChI is InChI=1S/C30H36S3/c1-3-5-7-9-10-12-14-22-16-18-24-26(20-22)32-30-28(24)33-27-23-17-15-21(13-11-8-6-4-2)19-25(23)31-29(27)30/h15-20H,3-14H2,1-2H3. The molecule has 5 rings (SSSR count). The fourth-order valence-electron chi connectivity index (χ4n) is 5.01. The van der Waals surface area contributed by atoms with Crippen molar-refractivity contribution in [1.82, 2.24) is 0 Å². The average molecular weight is 493 g/mol. The smallest absolute Gasteiger partial charge is 0.0642 e. The van der Waals surface area contributed by atoms with Crippen LogP contribution in [0.5, 0.6) is 0 Å². The monoisotopic (exact) mass is 492 g/mol. The zero-order valence-electron chi connectivity index (χ0n) is 20.2. The molecule has 0 amide bonds. The number of hydrogen-bond donors (Lipinski definition) is 0. The third kappa shape index (κ3) is 5.01. The molecule has 0 spiro atoms. The van der Waals surface area contributed by atoms with Crippen LogP contribution in [0.2, 0.25) is 0 Å². The van der Waals surface area contributed by atoms with Gasteiger partial charge in [0.05, 0.1) is 18.8 Å². The third-order valence-corrected chi connectivity index (χ3v) is 11.0. The second kappa shape index (κ2) is 10.9. The first kappa shape index (κ1) is 23.3. The Morgan fingerprint density at radius 2 is 0.939 bits per heavy atom. The Hall–Kier alpha value is -1.42. The minimum Gasteiger partial charge on any atom is -0.133 e. The molecule has 0 radical (unpaired) electrons. The summed E-state index contributed by atoms with van der Waals surface area (Å²) in [5.74, 6) is 0. The summed E-state index contributed by atoms with van der Waals surface area (Å²) in [5, 5.41) is 2.93. The van der Waals surface area contributed by atoms with E-state index in [1.807, 2.05) is 34.0 Å². The van der Waals surface area contributed by atoms with Crippen molar-refractivity contribution in [2.75, 3.05) is 0 Å². The molecule has 0 aliphatic rings. The molecule has 5 aromatic rings. The van der Waals surface area contributed by atoms with Gasteiger partial charge in [0.1, 0.15) is 0 Å². The van der Waals surface area contributed by atoms with Crippen LogP contribution in [0.1, 0.15) is 89.2 Å². The van der Waals surface area contributed by atoms with Crippen LogP contribution in [0, 0.1) is 0 Å². The van der Waals surface area contributed by atoms with E-state index in [0.29, 0.717) is 0 Å². The number of rotatable bonds is 12. The van der Waals surface area contributed by atoms with E-state index in [2.05, 4.69) is 50.2 Å². The van der Waals surface area contributed by atoms with Gasteiger partial charge in [-0.05, 0) is 48.9 Å². The lowest BCUT2D eigenvalue weighted by Gasteiger charge is -2.02. The Labute approximate surface area is 210 Å². The summed E-state index contributed by atoms with van der Waals surface area (Å²) in [7, 11) is 0. The van der Waals surface area contributed by atoms with Crippen molar-refractivity contribution in [3.63, 3.8) is 0 Å². The molecule has 0 N–H and O–H groups in total. The fraction of sp³-hybridized carbons (Fsp3) is 0.467. The molecule has 0 saturated heterocycles. The molecule has 33 heavy (non-hydrogen) atoms. The number of unbranched alkanes of at least 4 members (excludes halogenated alkanes) is 8. The molecule has 3 aromatic heterocycles. The molecule has 0 nitrogen and oxygen atoms in total.